The van der Waals surface area contributed by atoms with Gasteiger partial charge in [-0.2, -0.15) is 0 Å². The third-order valence-corrected chi connectivity index (χ3v) is 5.06. The third kappa shape index (κ3) is 4.45. The van der Waals surface area contributed by atoms with E-state index >= 15 is 0 Å². The van der Waals surface area contributed by atoms with Gasteiger partial charge in [0.15, 0.2) is 0 Å². The second-order valence-corrected chi connectivity index (χ2v) is 6.85. The van der Waals surface area contributed by atoms with Crippen molar-refractivity contribution < 1.29 is 9.18 Å². The van der Waals surface area contributed by atoms with Crippen molar-refractivity contribution in [2.45, 2.75) is 38.6 Å². The smallest absolute Gasteiger partial charge is 0.223 e. The molecule has 0 aromatic heterocycles. The van der Waals surface area contributed by atoms with Gasteiger partial charge in [-0.3, -0.25) is 4.79 Å². The highest BCUT2D eigenvalue weighted by Crippen LogP contribution is 2.34. The number of nitrogens with one attached hydrogen (secondary N) is 1. The molecule has 1 saturated heterocycles. The van der Waals surface area contributed by atoms with Crippen molar-refractivity contribution in [1.82, 2.24) is 10.2 Å². The highest BCUT2D eigenvalue weighted by molar-refractivity contribution is 5.85. The van der Waals surface area contributed by atoms with E-state index in [0.717, 1.165) is 18.0 Å². The molecule has 3 rings (SSSR count). The number of nitrogens with zero attached hydrogens (tertiary/aromatic N) is 1. The second-order valence-electron chi connectivity index (χ2n) is 6.85. The predicted octanol–water partition coefficient (Wildman–Crippen LogP) is 3.55. The maximum absolute atomic E-state index is 13.5. The van der Waals surface area contributed by atoms with Crippen molar-refractivity contribution >= 4 is 18.3 Å². The summed E-state index contributed by atoms with van der Waals surface area (Å²) in [5.41, 5.74) is 0.889. The minimum Gasteiger partial charge on any atom is -0.333 e. The van der Waals surface area contributed by atoms with E-state index in [-0.39, 0.29) is 30.2 Å². The van der Waals surface area contributed by atoms with Crippen LogP contribution in [-0.2, 0) is 4.79 Å². The number of carbonyl (C=O) groups is 1. The maximum Gasteiger partial charge on any atom is 0.223 e. The van der Waals surface area contributed by atoms with Gasteiger partial charge in [0.1, 0.15) is 5.82 Å². The van der Waals surface area contributed by atoms with Gasteiger partial charge in [-0.25, -0.2) is 4.39 Å². The standard InChI is InChI=1S/C18H25FN2O.ClH/c1-13-5-6-14(9-13)10-18(22)21-8-7-20-12-17(21)15-3-2-4-16(19)11-15;/h2-4,11,13-14,17,20H,5-10,12H2,1H3;1H. The first-order valence-electron chi connectivity index (χ1n) is 8.39. The summed E-state index contributed by atoms with van der Waals surface area (Å²) < 4.78 is 13.5. The zero-order chi connectivity index (χ0) is 15.5. The minimum atomic E-state index is -0.236. The van der Waals surface area contributed by atoms with Crippen LogP contribution >= 0.6 is 12.4 Å². The van der Waals surface area contributed by atoms with Crippen LogP contribution in [0, 0.1) is 17.7 Å². The first-order chi connectivity index (χ1) is 10.6. The number of carbonyl (C=O) groups excluding carboxylic acids is 1. The van der Waals surface area contributed by atoms with Crippen LogP contribution in [0.4, 0.5) is 4.39 Å². The van der Waals surface area contributed by atoms with Gasteiger partial charge in [0.2, 0.25) is 5.91 Å². The molecule has 1 aliphatic carbocycles. The van der Waals surface area contributed by atoms with Gasteiger partial charge >= 0.3 is 0 Å². The monoisotopic (exact) mass is 340 g/mol. The van der Waals surface area contributed by atoms with E-state index in [9.17, 15) is 9.18 Å². The summed E-state index contributed by atoms with van der Waals surface area (Å²) in [6.45, 7) is 4.50. The fourth-order valence-corrected chi connectivity index (χ4v) is 3.89. The van der Waals surface area contributed by atoms with Crippen molar-refractivity contribution in [2.75, 3.05) is 19.6 Å². The van der Waals surface area contributed by atoms with Gasteiger partial charge < -0.3 is 10.2 Å². The Bertz CT molecular complexity index is 540. The van der Waals surface area contributed by atoms with E-state index < -0.39 is 0 Å². The Kier molecular flexibility index (Phi) is 6.42. The Morgan fingerprint density at radius 3 is 2.91 bits per heavy atom. The quantitative estimate of drug-likeness (QED) is 0.912. The van der Waals surface area contributed by atoms with Crippen LogP contribution < -0.4 is 5.32 Å². The van der Waals surface area contributed by atoms with Gasteiger partial charge in [-0.05, 0) is 42.4 Å². The lowest BCUT2D eigenvalue weighted by Crippen LogP contribution is -2.49. The fourth-order valence-electron chi connectivity index (χ4n) is 3.89. The highest BCUT2D eigenvalue weighted by atomic mass is 35.5. The van der Waals surface area contributed by atoms with E-state index in [4.69, 9.17) is 0 Å². The number of hydrogen-bond acceptors (Lipinski definition) is 2. The second kappa shape index (κ2) is 8.11. The van der Waals surface area contributed by atoms with E-state index in [1.807, 2.05) is 11.0 Å². The molecule has 1 amide bonds. The van der Waals surface area contributed by atoms with Gasteiger partial charge in [-0.1, -0.05) is 25.5 Å². The van der Waals surface area contributed by atoms with Crippen molar-refractivity contribution in [3.63, 3.8) is 0 Å². The predicted molar refractivity (Wildman–Crippen MR) is 92.1 cm³/mol. The maximum atomic E-state index is 13.5. The van der Waals surface area contributed by atoms with Crippen LogP contribution in [0.2, 0.25) is 0 Å². The Morgan fingerprint density at radius 2 is 2.22 bits per heavy atom. The lowest BCUT2D eigenvalue weighted by atomic mass is 9.98. The molecule has 5 heteroatoms. The molecule has 2 fully saturated rings. The summed E-state index contributed by atoms with van der Waals surface area (Å²) in [6, 6.07) is 6.59. The molecule has 1 N–H and O–H groups in total. The Morgan fingerprint density at radius 1 is 1.39 bits per heavy atom. The lowest BCUT2D eigenvalue weighted by Gasteiger charge is -2.37. The summed E-state index contributed by atoms with van der Waals surface area (Å²) in [5.74, 6) is 1.28. The molecule has 23 heavy (non-hydrogen) atoms. The van der Waals surface area contributed by atoms with E-state index in [0.29, 0.717) is 25.4 Å². The molecule has 1 heterocycles. The Balaban J connectivity index is 0.00000192. The molecule has 0 radical (unpaired) electrons. The molecule has 0 spiro atoms. The summed E-state index contributed by atoms with van der Waals surface area (Å²) in [7, 11) is 0. The Labute approximate surface area is 144 Å². The molecule has 2 aliphatic rings. The van der Waals surface area contributed by atoms with Crippen LogP contribution in [0.25, 0.3) is 0 Å². The average molecular weight is 341 g/mol. The van der Waals surface area contributed by atoms with Crippen molar-refractivity contribution in [3.8, 4) is 0 Å². The van der Waals surface area contributed by atoms with Gasteiger partial charge in [0.25, 0.3) is 0 Å². The normalized spacial score (nSPS) is 27.6. The number of benzene rings is 1. The number of halogens is 2. The lowest BCUT2D eigenvalue weighted by molar-refractivity contribution is -0.135. The number of piperazine rings is 1. The number of rotatable bonds is 3. The molecule has 3 nitrogen and oxygen atoms in total. The van der Waals surface area contributed by atoms with Crippen molar-refractivity contribution in [3.05, 3.63) is 35.6 Å². The zero-order valence-electron chi connectivity index (χ0n) is 13.6. The summed E-state index contributed by atoms with van der Waals surface area (Å²) >= 11 is 0. The summed E-state index contributed by atoms with van der Waals surface area (Å²) in [5, 5.41) is 3.32. The molecule has 3 unspecified atom stereocenters. The minimum absolute atomic E-state index is 0. The molecular weight excluding hydrogens is 315 g/mol. The van der Waals surface area contributed by atoms with Crippen LogP contribution in [0.1, 0.15) is 44.2 Å². The average Bonchev–Trinajstić information content (AvgIpc) is 2.92. The third-order valence-electron chi connectivity index (χ3n) is 5.06. The van der Waals surface area contributed by atoms with Crippen molar-refractivity contribution in [2.24, 2.45) is 11.8 Å². The first kappa shape index (κ1) is 18.2. The van der Waals surface area contributed by atoms with E-state index in [2.05, 4.69) is 12.2 Å². The SMILES string of the molecule is CC1CCC(CC(=O)N2CCNCC2c2cccc(F)c2)C1.Cl. The molecular formula is C18H26ClFN2O. The van der Waals surface area contributed by atoms with Crippen LogP contribution in [0.5, 0.6) is 0 Å². The number of hydrogen-bond donors (Lipinski definition) is 1. The molecule has 1 saturated carbocycles. The van der Waals surface area contributed by atoms with E-state index in [1.54, 1.807) is 12.1 Å². The number of amides is 1. The molecule has 1 aliphatic heterocycles. The van der Waals surface area contributed by atoms with Crippen LogP contribution in [0.3, 0.4) is 0 Å². The molecule has 1 aromatic rings. The molecule has 128 valence electrons. The van der Waals surface area contributed by atoms with Gasteiger partial charge in [0.05, 0.1) is 6.04 Å². The van der Waals surface area contributed by atoms with E-state index in [1.165, 1.54) is 25.3 Å². The molecule has 1 aromatic carbocycles. The zero-order valence-corrected chi connectivity index (χ0v) is 14.4. The van der Waals surface area contributed by atoms with Crippen LogP contribution in [-0.4, -0.2) is 30.4 Å². The first-order valence-corrected chi connectivity index (χ1v) is 8.39. The molecule has 3 atom stereocenters. The van der Waals surface area contributed by atoms with Crippen LogP contribution in [0.15, 0.2) is 24.3 Å². The summed E-state index contributed by atoms with van der Waals surface area (Å²) in [4.78, 5) is 14.7. The van der Waals surface area contributed by atoms with Crippen molar-refractivity contribution in [1.29, 1.82) is 0 Å². The summed E-state index contributed by atoms with van der Waals surface area (Å²) in [6.07, 6.45) is 4.23. The van der Waals surface area contributed by atoms with Gasteiger partial charge in [-0.15, -0.1) is 12.4 Å². The highest BCUT2D eigenvalue weighted by Gasteiger charge is 2.31. The fraction of sp³-hybridized carbons (Fsp3) is 0.611. The molecule has 0 bridgehead atoms. The Hall–Kier alpha value is -1.13. The largest absolute Gasteiger partial charge is 0.333 e. The van der Waals surface area contributed by atoms with Gasteiger partial charge in [0, 0.05) is 26.1 Å². The topological polar surface area (TPSA) is 32.3 Å².